The molecule has 1 aliphatic rings. The van der Waals surface area contributed by atoms with Gasteiger partial charge in [-0.2, -0.15) is 0 Å². The van der Waals surface area contributed by atoms with Crippen molar-refractivity contribution < 1.29 is 14.6 Å². The molecule has 1 saturated heterocycles. The predicted octanol–water partition coefficient (Wildman–Crippen LogP) is 1.25. The summed E-state index contributed by atoms with van der Waals surface area (Å²) in [6.45, 7) is 3.30. The zero-order valence-corrected chi connectivity index (χ0v) is 11.6. The molecule has 1 atom stereocenters. The van der Waals surface area contributed by atoms with Gasteiger partial charge in [0.2, 0.25) is 0 Å². The van der Waals surface area contributed by atoms with Crippen molar-refractivity contribution in [2.45, 2.75) is 25.8 Å². The van der Waals surface area contributed by atoms with Crippen LogP contribution in [0.2, 0.25) is 0 Å². The van der Waals surface area contributed by atoms with Crippen molar-refractivity contribution in [1.29, 1.82) is 0 Å². The minimum absolute atomic E-state index is 0.0655. The fourth-order valence-electron chi connectivity index (χ4n) is 2.08. The van der Waals surface area contributed by atoms with Crippen LogP contribution in [-0.4, -0.2) is 36.9 Å². The SMILES string of the molecule is Cc1cc(C(=O)NC2CCOC2)ccc1C#CCCO. The fourth-order valence-corrected chi connectivity index (χ4v) is 2.08. The summed E-state index contributed by atoms with van der Waals surface area (Å²) < 4.78 is 5.24. The van der Waals surface area contributed by atoms with Crippen LogP contribution in [-0.2, 0) is 4.74 Å². The van der Waals surface area contributed by atoms with E-state index < -0.39 is 0 Å². The van der Waals surface area contributed by atoms with Crippen LogP contribution in [0.4, 0.5) is 0 Å². The first kappa shape index (κ1) is 14.6. The Morgan fingerprint density at radius 1 is 1.55 bits per heavy atom. The summed E-state index contributed by atoms with van der Waals surface area (Å²) in [5, 5.41) is 11.7. The number of amides is 1. The number of nitrogens with one attached hydrogen (secondary N) is 1. The monoisotopic (exact) mass is 273 g/mol. The van der Waals surface area contributed by atoms with E-state index in [4.69, 9.17) is 9.84 Å². The van der Waals surface area contributed by atoms with Gasteiger partial charge in [-0.1, -0.05) is 11.8 Å². The molecule has 1 aliphatic heterocycles. The Kier molecular flexibility index (Phi) is 5.16. The molecule has 1 fully saturated rings. The highest BCUT2D eigenvalue weighted by Gasteiger charge is 2.18. The number of benzene rings is 1. The highest BCUT2D eigenvalue weighted by Crippen LogP contribution is 2.11. The summed E-state index contributed by atoms with van der Waals surface area (Å²) in [4.78, 5) is 12.1. The van der Waals surface area contributed by atoms with Crippen LogP contribution in [0.15, 0.2) is 18.2 Å². The Morgan fingerprint density at radius 3 is 3.05 bits per heavy atom. The van der Waals surface area contributed by atoms with E-state index in [1.807, 2.05) is 19.1 Å². The third-order valence-corrected chi connectivity index (χ3v) is 3.21. The van der Waals surface area contributed by atoms with Gasteiger partial charge in [0.1, 0.15) is 0 Å². The zero-order chi connectivity index (χ0) is 14.4. The van der Waals surface area contributed by atoms with Crippen LogP contribution in [0, 0.1) is 18.8 Å². The number of aryl methyl sites for hydroxylation is 1. The third kappa shape index (κ3) is 3.83. The van der Waals surface area contributed by atoms with Gasteiger partial charge in [0.25, 0.3) is 5.91 Å². The van der Waals surface area contributed by atoms with Crippen molar-refractivity contribution in [3.63, 3.8) is 0 Å². The van der Waals surface area contributed by atoms with Crippen molar-refractivity contribution in [3.05, 3.63) is 34.9 Å². The van der Waals surface area contributed by atoms with Crippen LogP contribution >= 0.6 is 0 Å². The molecule has 2 rings (SSSR count). The van der Waals surface area contributed by atoms with E-state index in [1.165, 1.54) is 0 Å². The minimum atomic E-state index is -0.0709. The van der Waals surface area contributed by atoms with Gasteiger partial charge < -0.3 is 15.2 Å². The molecule has 0 spiro atoms. The Hall–Kier alpha value is -1.83. The molecule has 1 unspecified atom stereocenters. The number of hydrogen-bond donors (Lipinski definition) is 2. The summed E-state index contributed by atoms with van der Waals surface area (Å²) in [5.74, 6) is 5.80. The lowest BCUT2D eigenvalue weighted by Gasteiger charge is -2.11. The van der Waals surface area contributed by atoms with Gasteiger partial charge in [-0.25, -0.2) is 0 Å². The van der Waals surface area contributed by atoms with Crippen molar-refractivity contribution in [1.82, 2.24) is 5.32 Å². The Morgan fingerprint density at radius 2 is 2.40 bits per heavy atom. The van der Waals surface area contributed by atoms with E-state index in [1.54, 1.807) is 6.07 Å². The number of aliphatic hydroxyl groups is 1. The van der Waals surface area contributed by atoms with E-state index in [-0.39, 0.29) is 18.6 Å². The van der Waals surface area contributed by atoms with Crippen LogP contribution in [0.3, 0.4) is 0 Å². The third-order valence-electron chi connectivity index (χ3n) is 3.21. The van der Waals surface area contributed by atoms with Gasteiger partial charge in [-0.05, 0) is 37.1 Å². The quantitative estimate of drug-likeness (QED) is 0.815. The van der Waals surface area contributed by atoms with Crippen molar-refractivity contribution in [3.8, 4) is 11.8 Å². The molecule has 4 nitrogen and oxygen atoms in total. The number of hydrogen-bond acceptors (Lipinski definition) is 3. The zero-order valence-electron chi connectivity index (χ0n) is 11.6. The van der Waals surface area contributed by atoms with Crippen molar-refractivity contribution >= 4 is 5.91 Å². The second-order valence-corrected chi connectivity index (χ2v) is 4.84. The van der Waals surface area contributed by atoms with Crippen LogP contribution in [0.5, 0.6) is 0 Å². The Balaban J connectivity index is 2.04. The smallest absolute Gasteiger partial charge is 0.251 e. The molecule has 0 aromatic heterocycles. The van der Waals surface area contributed by atoms with Crippen molar-refractivity contribution in [2.75, 3.05) is 19.8 Å². The maximum Gasteiger partial charge on any atom is 0.251 e. The first-order valence-corrected chi connectivity index (χ1v) is 6.79. The number of rotatable bonds is 3. The van der Waals surface area contributed by atoms with E-state index in [0.717, 1.165) is 17.5 Å². The lowest BCUT2D eigenvalue weighted by molar-refractivity contribution is 0.0930. The van der Waals surface area contributed by atoms with Gasteiger partial charge in [0, 0.05) is 24.2 Å². The van der Waals surface area contributed by atoms with Gasteiger partial charge >= 0.3 is 0 Å². The predicted molar refractivity (Wildman–Crippen MR) is 76.5 cm³/mol. The molecule has 106 valence electrons. The highest BCUT2D eigenvalue weighted by atomic mass is 16.5. The first-order chi connectivity index (χ1) is 9.70. The van der Waals surface area contributed by atoms with Crippen LogP contribution in [0.25, 0.3) is 0 Å². The van der Waals surface area contributed by atoms with Gasteiger partial charge in [-0.15, -0.1) is 0 Å². The molecule has 0 aliphatic carbocycles. The van der Waals surface area contributed by atoms with Gasteiger partial charge in [0.15, 0.2) is 0 Å². The van der Waals surface area contributed by atoms with Crippen molar-refractivity contribution in [2.24, 2.45) is 0 Å². The molecule has 20 heavy (non-hydrogen) atoms. The largest absolute Gasteiger partial charge is 0.395 e. The standard InChI is InChI=1S/C16H19NO3/c1-12-10-14(6-5-13(12)4-2-3-8-18)16(19)17-15-7-9-20-11-15/h5-6,10,15,18H,3,7-9,11H2,1H3,(H,17,19). The molecule has 0 saturated carbocycles. The molecule has 0 radical (unpaired) electrons. The summed E-state index contributed by atoms with van der Waals surface area (Å²) in [5.41, 5.74) is 2.49. The second kappa shape index (κ2) is 7.09. The first-order valence-electron chi connectivity index (χ1n) is 6.79. The summed E-state index contributed by atoms with van der Waals surface area (Å²) in [6, 6.07) is 5.58. The molecule has 1 amide bonds. The number of aliphatic hydroxyl groups excluding tert-OH is 1. The highest BCUT2D eigenvalue weighted by molar-refractivity contribution is 5.94. The Bertz CT molecular complexity index is 536. The maximum absolute atomic E-state index is 12.1. The van der Waals surface area contributed by atoms with Gasteiger partial charge in [-0.3, -0.25) is 4.79 Å². The number of ether oxygens (including phenoxy) is 1. The second-order valence-electron chi connectivity index (χ2n) is 4.84. The summed E-state index contributed by atoms with van der Waals surface area (Å²) in [7, 11) is 0. The lowest BCUT2D eigenvalue weighted by Crippen LogP contribution is -2.35. The van der Waals surface area contributed by atoms with Crippen LogP contribution < -0.4 is 5.32 Å². The molecule has 4 heteroatoms. The molecule has 2 N–H and O–H groups in total. The maximum atomic E-state index is 12.1. The normalized spacial score (nSPS) is 17.4. The number of carbonyl (C=O) groups is 1. The van der Waals surface area contributed by atoms with E-state index in [0.29, 0.717) is 25.2 Å². The molecule has 0 bridgehead atoms. The molecule has 1 aromatic rings. The van der Waals surface area contributed by atoms with E-state index in [9.17, 15) is 4.79 Å². The van der Waals surface area contributed by atoms with Gasteiger partial charge in [0.05, 0.1) is 19.3 Å². The topological polar surface area (TPSA) is 58.6 Å². The van der Waals surface area contributed by atoms with E-state index in [2.05, 4.69) is 17.2 Å². The minimum Gasteiger partial charge on any atom is -0.395 e. The average molecular weight is 273 g/mol. The molecular formula is C16H19NO3. The molecule has 1 aromatic carbocycles. The summed E-state index contributed by atoms with van der Waals surface area (Å²) >= 11 is 0. The molecular weight excluding hydrogens is 254 g/mol. The van der Waals surface area contributed by atoms with Crippen LogP contribution in [0.1, 0.15) is 34.3 Å². The Labute approximate surface area is 119 Å². The average Bonchev–Trinajstić information content (AvgIpc) is 2.93. The van der Waals surface area contributed by atoms with E-state index >= 15 is 0 Å². The molecule has 1 heterocycles. The summed E-state index contributed by atoms with van der Waals surface area (Å²) in [6.07, 6.45) is 1.33. The lowest BCUT2D eigenvalue weighted by atomic mass is 10.0. The fraction of sp³-hybridized carbons (Fsp3) is 0.438. The number of carbonyl (C=O) groups excluding carboxylic acids is 1.